The Morgan fingerprint density at radius 1 is 1.45 bits per heavy atom. The molecule has 0 aromatic heterocycles. The van der Waals surface area contributed by atoms with Crippen LogP contribution >= 0.6 is 27.5 Å². The van der Waals surface area contributed by atoms with E-state index in [1.807, 2.05) is 0 Å². The molecule has 0 saturated heterocycles. The first kappa shape index (κ1) is 16.2. The van der Waals surface area contributed by atoms with Crippen molar-refractivity contribution in [1.29, 1.82) is 0 Å². The highest BCUT2D eigenvalue weighted by Crippen LogP contribution is 2.29. The van der Waals surface area contributed by atoms with Crippen molar-refractivity contribution >= 4 is 37.6 Å². The smallest absolute Gasteiger partial charge is 0.242 e. The normalized spacial score (nSPS) is 15.8. The number of hydrogen-bond acceptors (Lipinski definition) is 3. The summed E-state index contributed by atoms with van der Waals surface area (Å²) in [4.78, 5) is 0.221. The van der Waals surface area contributed by atoms with Crippen molar-refractivity contribution in [2.24, 2.45) is 5.92 Å². The highest BCUT2D eigenvalue weighted by molar-refractivity contribution is 9.10. The lowest BCUT2D eigenvalue weighted by Gasteiger charge is -2.17. The van der Waals surface area contributed by atoms with Gasteiger partial charge in [0.2, 0.25) is 10.0 Å². The van der Waals surface area contributed by atoms with Gasteiger partial charge in [0.15, 0.2) is 0 Å². The van der Waals surface area contributed by atoms with Crippen LogP contribution in [-0.2, 0) is 14.8 Å². The third kappa shape index (κ3) is 4.18. The number of ether oxygens (including phenoxy) is 1. The number of likely N-dealkylation sites (N-methyl/N-ethyl adjacent to an activating group) is 1. The molecule has 7 heteroatoms. The van der Waals surface area contributed by atoms with E-state index in [-0.39, 0.29) is 4.90 Å². The summed E-state index contributed by atoms with van der Waals surface area (Å²) in [7, 11) is -1.94. The number of hydrogen-bond donors (Lipinski definition) is 0. The molecule has 1 fully saturated rings. The predicted octanol–water partition coefficient (Wildman–Crippen LogP) is 3.15. The van der Waals surface area contributed by atoms with Crippen molar-refractivity contribution in [2.75, 3.05) is 26.8 Å². The topological polar surface area (TPSA) is 46.6 Å². The number of benzene rings is 1. The Labute approximate surface area is 133 Å². The molecular weight excluding hydrogens is 366 g/mol. The molecule has 0 spiro atoms. The van der Waals surface area contributed by atoms with Gasteiger partial charge in [-0.05, 0) is 52.9 Å². The minimum absolute atomic E-state index is 0.221. The molecule has 1 aromatic carbocycles. The van der Waals surface area contributed by atoms with Gasteiger partial charge in [-0.3, -0.25) is 0 Å². The zero-order valence-electron chi connectivity index (χ0n) is 11.2. The van der Waals surface area contributed by atoms with Crippen LogP contribution in [0.5, 0.6) is 0 Å². The van der Waals surface area contributed by atoms with E-state index in [0.717, 1.165) is 6.61 Å². The zero-order chi connectivity index (χ0) is 14.8. The van der Waals surface area contributed by atoms with Crippen molar-refractivity contribution in [1.82, 2.24) is 4.31 Å². The maximum Gasteiger partial charge on any atom is 0.242 e. The third-order valence-corrected chi connectivity index (χ3v) is 6.27. The van der Waals surface area contributed by atoms with Gasteiger partial charge in [0.1, 0.15) is 0 Å². The second-order valence-electron chi connectivity index (χ2n) is 4.92. The van der Waals surface area contributed by atoms with Crippen molar-refractivity contribution in [3.8, 4) is 0 Å². The predicted molar refractivity (Wildman–Crippen MR) is 82.5 cm³/mol. The quantitative estimate of drug-likeness (QED) is 0.681. The molecule has 2 rings (SSSR count). The Morgan fingerprint density at radius 3 is 2.75 bits per heavy atom. The molecule has 1 saturated carbocycles. The molecule has 0 heterocycles. The second-order valence-corrected chi connectivity index (χ2v) is 8.23. The van der Waals surface area contributed by atoms with E-state index < -0.39 is 10.0 Å². The highest BCUT2D eigenvalue weighted by Gasteiger charge is 2.23. The van der Waals surface area contributed by atoms with E-state index in [2.05, 4.69) is 15.9 Å². The molecule has 1 aliphatic carbocycles. The second kappa shape index (κ2) is 6.75. The Kier molecular flexibility index (Phi) is 5.48. The Morgan fingerprint density at radius 2 is 2.15 bits per heavy atom. The standard InChI is InChI=1S/C13H17BrClNO3S/c1-16(6-7-19-9-10-2-3-10)20(17,18)11-4-5-13(15)12(14)8-11/h4-5,8,10H,2-3,6-7,9H2,1H3. The van der Waals surface area contributed by atoms with Crippen molar-refractivity contribution in [3.63, 3.8) is 0 Å². The van der Waals surface area contributed by atoms with Crippen LogP contribution in [0.15, 0.2) is 27.6 Å². The Hall–Kier alpha value is -0.140. The van der Waals surface area contributed by atoms with E-state index in [4.69, 9.17) is 16.3 Å². The lowest BCUT2D eigenvalue weighted by Crippen LogP contribution is -2.30. The van der Waals surface area contributed by atoms with Gasteiger partial charge < -0.3 is 4.74 Å². The van der Waals surface area contributed by atoms with Crippen LogP contribution in [0.1, 0.15) is 12.8 Å². The van der Waals surface area contributed by atoms with E-state index in [1.54, 1.807) is 13.1 Å². The molecule has 0 radical (unpaired) electrons. The van der Waals surface area contributed by atoms with E-state index in [9.17, 15) is 8.42 Å². The van der Waals surface area contributed by atoms with Gasteiger partial charge >= 0.3 is 0 Å². The number of nitrogens with zero attached hydrogens (tertiary/aromatic N) is 1. The van der Waals surface area contributed by atoms with Crippen LogP contribution in [0.2, 0.25) is 5.02 Å². The minimum Gasteiger partial charge on any atom is -0.380 e. The molecule has 0 amide bonds. The summed E-state index contributed by atoms with van der Waals surface area (Å²) in [5.41, 5.74) is 0. The summed E-state index contributed by atoms with van der Waals surface area (Å²) >= 11 is 9.11. The van der Waals surface area contributed by atoms with Gasteiger partial charge in [-0.2, -0.15) is 4.31 Å². The molecule has 0 bridgehead atoms. The lowest BCUT2D eigenvalue weighted by atomic mass is 10.4. The molecule has 20 heavy (non-hydrogen) atoms. The van der Waals surface area contributed by atoms with Crippen molar-refractivity contribution < 1.29 is 13.2 Å². The minimum atomic E-state index is -3.50. The van der Waals surface area contributed by atoms with Gasteiger partial charge in [0, 0.05) is 24.7 Å². The molecular formula is C13H17BrClNO3S. The maximum atomic E-state index is 12.3. The van der Waals surface area contributed by atoms with Crippen LogP contribution in [0.25, 0.3) is 0 Å². The monoisotopic (exact) mass is 381 g/mol. The largest absolute Gasteiger partial charge is 0.380 e. The summed E-state index contributed by atoms with van der Waals surface area (Å²) in [5.74, 6) is 0.684. The fraction of sp³-hybridized carbons (Fsp3) is 0.538. The zero-order valence-corrected chi connectivity index (χ0v) is 14.3. The molecule has 0 atom stereocenters. The molecule has 0 unspecified atom stereocenters. The summed E-state index contributed by atoms with van der Waals surface area (Å²) in [5, 5.41) is 0.486. The van der Waals surface area contributed by atoms with Crippen LogP contribution in [0.4, 0.5) is 0 Å². The Bertz CT molecular complexity index is 575. The van der Waals surface area contributed by atoms with E-state index in [1.165, 1.54) is 29.3 Å². The van der Waals surface area contributed by atoms with Gasteiger partial charge in [-0.25, -0.2) is 8.42 Å². The first-order valence-corrected chi connectivity index (χ1v) is 9.01. The average Bonchev–Trinajstić information content (AvgIpc) is 3.21. The van der Waals surface area contributed by atoms with Crippen LogP contribution in [0.3, 0.4) is 0 Å². The molecule has 112 valence electrons. The molecule has 0 aliphatic heterocycles. The summed E-state index contributed by atoms with van der Waals surface area (Å²) < 4.78 is 32.0. The number of sulfonamides is 1. The first-order chi connectivity index (χ1) is 9.41. The summed E-state index contributed by atoms with van der Waals surface area (Å²) in [6.45, 7) is 1.50. The van der Waals surface area contributed by atoms with Crippen LogP contribution in [-0.4, -0.2) is 39.5 Å². The highest BCUT2D eigenvalue weighted by atomic mass is 79.9. The van der Waals surface area contributed by atoms with Crippen molar-refractivity contribution in [3.05, 3.63) is 27.7 Å². The fourth-order valence-corrected chi connectivity index (χ4v) is 3.49. The summed E-state index contributed by atoms with van der Waals surface area (Å²) in [6, 6.07) is 4.58. The van der Waals surface area contributed by atoms with E-state index in [0.29, 0.717) is 28.6 Å². The van der Waals surface area contributed by atoms with Crippen LogP contribution in [0, 0.1) is 5.92 Å². The van der Waals surface area contributed by atoms with E-state index >= 15 is 0 Å². The van der Waals surface area contributed by atoms with Gasteiger partial charge in [-0.15, -0.1) is 0 Å². The number of rotatable bonds is 7. The SMILES string of the molecule is CN(CCOCC1CC1)S(=O)(=O)c1ccc(Cl)c(Br)c1. The third-order valence-electron chi connectivity index (χ3n) is 3.20. The Balaban J connectivity index is 1.94. The average molecular weight is 383 g/mol. The maximum absolute atomic E-state index is 12.3. The molecule has 1 aromatic rings. The lowest BCUT2D eigenvalue weighted by molar-refractivity contribution is 0.117. The number of halogens is 2. The first-order valence-electron chi connectivity index (χ1n) is 6.40. The molecule has 1 aliphatic rings. The summed E-state index contributed by atoms with van der Waals surface area (Å²) in [6.07, 6.45) is 2.46. The van der Waals surface area contributed by atoms with Gasteiger partial charge in [-0.1, -0.05) is 11.6 Å². The van der Waals surface area contributed by atoms with Crippen LogP contribution < -0.4 is 0 Å². The van der Waals surface area contributed by atoms with Gasteiger partial charge in [0.05, 0.1) is 16.5 Å². The van der Waals surface area contributed by atoms with Crippen molar-refractivity contribution in [2.45, 2.75) is 17.7 Å². The van der Waals surface area contributed by atoms with Gasteiger partial charge in [0.25, 0.3) is 0 Å². The molecule has 4 nitrogen and oxygen atoms in total. The molecule has 0 N–H and O–H groups in total. The fourth-order valence-electron chi connectivity index (χ4n) is 1.67.